The van der Waals surface area contributed by atoms with Crippen LogP contribution in [0.3, 0.4) is 0 Å². The van der Waals surface area contributed by atoms with Crippen molar-refractivity contribution in [3.05, 3.63) is 47.3 Å². The minimum Gasteiger partial charge on any atom is -0.493 e. The van der Waals surface area contributed by atoms with Gasteiger partial charge in [0.25, 0.3) is 5.91 Å². The number of rotatable bonds is 6. The number of ether oxygens (including phenoxy) is 2. The summed E-state index contributed by atoms with van der Waals surface area (Å²) in [6.07, 6.45) is 0. The first-order valence-corrected chi connectivity index (χ1v) is 9.32. The minimum atomic E-state index is -4.02. The summed E-state index contributed by atoms with van der Waals surface area (Å²) in [5, 5.41) is 2.67. The van der Waals surface area contributed by atoms with Crippen LogP contribution in [-0.2, 0) is 10.0 Å². The number of hydrogen-bond donors (Lipinski definition) is 1. The van der Waals surface area contributed by atoms with Crippen LogP contribution in [0.4, 0.5) is 10.1 Å². The Hall–Kier alpha value is -2.65. The maximum atomic E-state index is 14.0. The van der Waals surface area contributed by atoms with E-state index in [-0.39, 0.29) is 5.56 Å². The molecule has 0 saturated heterocycles. The summed E-state index contributed by atoms with van der Waals surface area (Å²) in [5.74, 6) is -0.578. The van der Waals surface area contributed by atoms with Crippen LogP contribution in [-0.4, -0.2) is 46.9 Å². The van der Waals surface area contributed by atoms with Gasteiger partial charge < -0.3 is 14.8 Å². The Morgan fingerprint density at radius 3 is 2.22 bits per heavy atom. The van der Waals surface area contributed by atoms with Crippen molar-refractivity contribution in [1.82, 2.24) is 4.31 Å². The minimum absolute atomic E-state index is 0.00556. The molecule has 0 atom stereocenters. The van der Waals surface area contributed by atoms with E-state index >= 15 is 0 Å². The van der Waals surface area contributed by atoms with E-state index in [4.69, 9.17) is 9.47 Å². The average Bonchev–Trinajstić information content (AvgIpc) is 2.62. The van der Waals surface area contributed by atoms with Gasteiger partial charge in [-0.2, -0.15) is 0 Å². The lowest BCUT2D eigenvalue weighted by molar-refractivity contribution is 0.102. The number of nitrogens with zero attached hydrogens (tertiary/aromatic N) is 1. The zero-order valence-corrected chi connectivity index (χ0v) is 16.5. The van der Waals surface area contributed by atoms with E-state index < -0.39 is 26.6 Å². The number of hydrogen-bond acceptors (Lipinski definition) is 5. The molecule has 0 aliphatic heterocycles. The Morgan fingerprint density at radius 2 is 1.67 bits per heavy atom. The van der Waals surface area contributed by atoms with Crippen LogP contribution >= 0.6 is 0 Å². The normalized spacial score (nSPS) is 11.4. The van der Waals surface area contributed by atoms with Crippen LogP contribution < -0.4 is 14.8 Å². The van der Waals surface area contributed by atoms with Crippen molar-refractivity contribution in [3.8, 4) is 11.5 Å². The summed E-state index contributed by atoms with van der Waals surface area (Å²) in [4.78, 5) is 12.0. The maximum absolute atomic E-state index is 14.0. The fourth-order valence-electron chi connectivity index (χ4n) is 2.35. The Balaban J connectivity index is 2.40. The van der Waals surface area contributed by atoms with Crippen molar-refractivity contribution < 1.29 is 27.1 Å². The van der Waals surface area contributed by atoms with Crippen LogP contribution in [0.15, 0.2) is 35.2 Å². The van der Waals surface area contributed by atoms with Crippen LogP contribution in [0.5, 0.6) is 11.5 Å². The number of anilines is 1. The zero-order valence-electron chi connectivity index (χ0n) is 15.7. The van der Waals surface area contributed by atoms with E-state index in [1.807, 2.05) is 0 Å². The van der Waals surface area contributed by atoms with E-state index in [0.717, 1.165) is 16.4 Å². The van der Waals surface area contributed by atoms with Gasteiger partial charge in [0.2, 0.25) is 10.0 Å². The molecule has 0 aliphatic carbocycles. The highest BCUT2D eigenvalue weighted by Gasteiger charge is 2.23. The third-order valence-corrected chi connectivity index (χ3v) is 5.76. The summed E-state index contributed by atoms with van der Waals surface area (Å²) >= 11 is 0. The molecule has 1 N–H and O–H groups in total. The Morgan fingerprint density at radius 1 is 1.07 bits per heavy atom. The third-order valence-electron chi connectivity index (χ3n) is 3.93. The Kier molecular flexibility index (Phi) is 6.07. The molecule has 146 valence electrons. The summed E-state index contributed by atoms with van der Waals surface area (Å²) in [7, 11) is 1.52. The second-order valence-corrected chi connectivity index (χ2v) is 8.03. The van der Waals surface area contributed by atoms with Gasteiger partial charge in [0.15, 0.2) is 11.5 Å². The Bertz CT molecular complexity index is 974. The molecule has 2 aromatic carbocycles. The lowest BCUT2D eigenvalue weighted by atomic mass is 10.1. The number of amides is 1. The first kappa shape index (κ1) is 20.7. The number of aryl methyl sites for hydroxylation is 1. The van der Waals surface area contributed by atoms with E-state index in [1.165, 1.54) is 34.4 Å². The number of methoxy groups -OCH3 is 2. The van der Waals surface area contributed by atoms with E-state index in [0.29, 0.717) is 22.7 Å². The lowest BCUT2D eigenvalue weighted by Crippen LogP contribution is -2.24. The first-order chi connectivity index (χ1) is 12.6. The van der Waals surface area contributed by atoms with Gasteiger partial charge in [0, 0.05) is 31.4 Å². The van der Waals surface area contributed by atoms with Gasteiger partial charge >= 0.3 is 0 Å². The Labute approximate surface area is 157 Å². The molecule has 0 unspecified atom stereocenters. The topological polar surface area (TPSA) is 84.9 Å². The number of carbonyl (C=O) groups excluding carboxylic acids is 1. The fraction of sp³-hybridized carbons (Fsp3) is 0.278. The van der Waals surface area contributed by atoms with Gasteiger partial charge in [-0.25, -0.2) is 17.1 Å². The van der Waals surface area contributed by atoms with Crippen molar-refractivity contribution in [3.63, 3.8) is 0 Å². The van der Waals surface area contributed by atoms with Crippen molar-refractivity contribution in [2.24, 2.45) is 0 Å². The monoisotopic (exact) mass is 396 g/mol. The summed E-state index contributed by atoms with van der Waals surface area (Å²) < 4.78 is 49.7. The van der Waals surface area contributed by atoms with Crippen molar-refractivity contribution in [2.75, 3.05) is 33.6 Å². The molecule has 9 heteroatoms. The van der Waals surface area contributed by atoms with Crippen LogP contribution in [0, 0.1) is 12.7 Å². The molecule has 7 nitrogen and oxygen atoms in total. The molecule has 0 bridgehead atoms. The number of halogens is 1. The van der Waals surface area contributed by atoms with E-state index in [1.54, 1.807) is 19.1 Å². The lowest BCUT2D eigenvalue weighted by Gasteiger charge is -2.15. The highest BCUT2D eigenvalue weighted by molar-refractivity contribution is 7.89. The highest BCUT2D eigenvalue weighted by Crippen LogP contribution is 2.33. The average molecular weight is 396 g/mol. The molecule has 27 heavy (non-hydrogen) atoms. The quantitative estimate of drug-likeness (QED) is 0.811. The molecule has 2 rings (SSSR count). The molecule has 2 aromatic rings. The SMILES string of the molecule is COc1cc(C)c(NC(=O)c2ccc(F)c(S(=O)(=O)N(C)C)c2)cc1OC. The number of sulfonamides is 1. The molecule has 0 aromatic heterocycles. The van der Waals surface area contributed by atoms with Crippen molar-refractivity contribution in [1.29, 1.82) is 0 Å². The van der Waals surface area contributed by atoms with Gasteiger partial charge in [0.1, 0.15) is 10.7 Å². The van der Waals surface area contributed by atoms with Gasteiger partial charge in [-0.3, -0.25) is 4.79 Å². The summed E-state index contributed by atoms with van der Waals surface area (Å²) in [6.45, 7) is 1.77. The highest BCUT2D eigenvalue weighted by atomic mass is 32.2. The summed E-state index contributed by atoms with van der Waals surface area (Å²) in [6, 6.07) is 6.46. The van der Waals surface area contributed by atoms with Gasteiger partial charge in [-0.15, -0.1) is 0 Å². The molecule has 0 fully saturated rings. The van der Waals surface area contributed by atoms with E-state index in [2.05, 4.69) is 5.32 Å². The molecule has 0 aliphatic rings. The number of benzene rings is 2. The first-order valence-electron chi connectivity index (χ1n) is 7.88. The van der Waals surface area contributed by atoms with Gasteiger partial charge in [0.05, 0.1) is 14.2 Å². The van der Waals surface area contributed by atoms with Crippen molar-refractivity contribution in [2.45, 2.75) is 11.8 Å². The smallest absolute Gasteiger partial charge is 0.255 e. The fourth-order valence-corrected chi connectivity index (χ4v) is 3.33. The number of nitrogens with one attached hydrogen (secondary N) is 1. The van der Waals surface area contributed by atoms with Crippen molar-refractivity contribution >= 4 is 21.6 Å². The van der Waals surface area contributed by atoms with Crippen LogP contribution in [0.2, 0.25) is 0 Å². The second-order valence-electron chi connectivity index (χ2n) is 5.91. The summed E-state index contributed by atoms with van der Waals surface area (Å²) in [5.41, 5.74) is 1.18. The van der Waals surface area contributed by atoms with Crippen LogP contribution in [0.25, 0.3) is 0 Å². The van der Waals surface area contributed by atoms with Gasteiger partial charge in [-0.05, 0) is 36.8 Å². The second kappa shape index (κ2) is 7.93. The third kappa shape index (κ3) is 4.20. The largest absolute Gasteiger partial charge is 0.493 e. The molecular weight excluding hydrogens is 375 g/mol. The maximum Gasteiger partial charge on any atom is 0.255 e. The molecule has 0 heterocycles. The van der Waals surface area contributed by atoms with E-state index in [9.17, 15) is 17.6 Å². The zero-order chi connectivity index (χ0) is 20.4. The molecule has 0 saturated carbocycles. The molecular formula is C18H21FN2O5S. The predicted octanol–water partition coefficient (Wildman–Crippen LogP) is 2.65. The van der Waals surface area contributed by atoms with Crippen LogP contribution in [0.1, 0.15) is 15.9 Å². The molecule has 1 amide bonds. The standard InChI is InChI=1S/C18H21FN2O5S/c1-11-8-15(25-4)16(26-5)10-14(11)20-18(22)12-6-7-13(19)17(9-12)27(23,24)21(2)3/h6-10H,1-5H3,(H,20,22). The number of carbonyl (C=O) groups is 1. The molecule has 0 spiro atoms. The molecule has 0 radical (unpaired) electrons. The van der Waals surface area contributed by atoms with Gasteiger partial charge in [-0.1, -0.05) is 0 Å². The predicted molar refractivity (Wildman–Crippen MR) is 99.5 cm³/mol.